The van der Waals surface area contributed by atoms with Gasteiger partial charge in [0.05, 0.1) is 16.7 Å². The number of Topliss-reactive ketones (excluding diaryl/α,β-unsaturated/α-hetero) is 1. The molecule has 0 radical (unpaired) electrons. The van der Waals surface area contributed by atoms with Crippen molar-refractivity contribution >= 4 is 34.4 Å². The predicted molar refractivity (Wildman–Crippen MR) is 156 cm³/mol. The van der Waals surface area contributed by atoms with Gasteiger partial charge in [-0.15, -0.1) is 0 Å². The standard InChI is InChI=1S/C32H33N3O3S/c36-29(25-11-5-2-6-12-25)22-39-32-34-28-14-8-7-13-27(28)31(38)35(32)21-24-15-17-26(18-16-24)30(37)33-20-19-23-9-3-1-4-10-23/h1-14,24,26H,15-22H2,(H,33,37). The molecule has 1 aromatic heterocycles. The average molecular weight is 540 g/mol. The van der Waals surface area contributed by atoms with E-state index in [-0.39, 0.29) is 34.8 Å². The van der Waals surface area contributed by atoms with Crippen molar-refractivity contribution in [3.05, 3.63) is 106 Å². The van der Waals surface area contributed by atoms with Crippen LogP contribution < -0.4 is 10.9 Å². The van der Waals surface area contributed by atoms with E-state index in [0.717, 1.165) is 32.1 Å². The summed E-state index contributed by atoms with van der Waals surface area (Å²) in [5, 5.41) is 4.26. The monoisotopic (exact) mass is 539 g/mol. The molecule has 5 rings (SSSR count). The van der Waals surface area contributed by atoms with Crippen LogP contribution in [0.3, 0.4) is 0 Å². The van der Waals surface area contributed by atoms with Gasteiger partial charge in [-0.1, -0.05) is 84.6 Å². The average Bonchev–Trinajstić information content (AvgIpc) is 2.99. The summed E-state index contributed by atoms with van der Waals surface area (Å²) in [4.78, 5) is 43.8. The lowest BCUT2D eigenvalue weighted by molar-refractivity contribution is -0.126. The van der Waals surface area contributed by atoms with Crippen LogP contribution in [-0.4, -0.2) is 33.5 Å². The second-order valence-corrected chi connectivity index (χ2v) is 11.1. The summed E-state index contributed by atoms with van der Waals surface area (Å²) < 4.78 is 1.75. The molecule has 0 atom stereocenters. The molecule has 39 heavy (non-hydrogen) atoms. The summed E-state index contributed by atoms with van der Waals surface area (Å²) in [5.41, 5.74) is 2.44. The van der Waals surface area contributed by atoms with E-state index in [1.54, 1.807) is 22.8 Å². The minimum Gasteiger partial charge on any atom is -0.356 e. The Hall–Kier alpha value is -3.71. The van der Waals surface area contributed by atoms with Crippen LogP contribution in [0.1, 0.15) is 41.6 Å². The summed E-state index contributed by atoms with van der Waals surface area (Å²) in [6.45, 7) is 1.18. The Morgan fingerprint density at radius 2 is 1.54 bits per heavy atom. The van der Waals surface area contributed by atoms with Crippen molar-refractivity contribution in [1.82, 2.24) is 14.9 Å². The number of ketones is 1. The predicted octanol–water partition coefficient (Wildman–Crippen LogP) is 5.54. The second kappa shape index (κ2) is 12.9. The molecule has 7 heteroatoms. The molecule has 0 spiro atoms. The molecule has 1 amide bonds. The number of nitrogens with one attached hydrogen (secondary N) is 1. The van der Waals surface area contributed by atoms with Crippen molar-refractivity contribution in [1.29, 1.82) is 0 Å². The maximum Gasteiger partial charge on any atom is 0.262 e. The molecule has 3 aromatic carbocycles. The Morgan fingerprint density at radius 1 is 0.872 bits per heavy atom. The molecule has 200 valence electrons. The van der Waals surface area contributed by atoms with Crippen LogP contribution in [0.25, 0.3) is 10.9 Å². The SMILES string of the molecule is O=C(CSc1nc2ccccc2c(=O)n1CC1CCC(C(=O)NCCc2ccccc2)CC1)c1ccccc1. The Kier molecular flexibility index (Phi) is 8.89. The van der Waals surface area contributed by atoms with E-state index in [9.17, 15) is 14.4 Å². The van der Waals surface area contributed by atoms with E-state index in [1.807, 2.05) is 54.6 Å². The van der Waals surface area contributed by atoms with Gasteiger partial charge in [-0.2, -0.15) is 0 Å². The van der Waals surface area contributed by atoms with Crippen LogP contribution in [0.4, 0.5) is 0 Å². The Labute approximate surface area is 232 Å². The summed E-state index contributed by atoms with van der Waals surface area (Å²) >= 11 is 1.32. The van der Waals surface area contributed by atoms with Crippen LogP contribution in [-0.2, 0) is 17.8 Å². The molecule has 0 saturated heterocycles. The number of fused-ring (bicyclic) bond motifs is 1. The van der Waals surface area contributed by atoms with Gasteiger partial charge in [0.1, 0.15) is 0 Å². The quantitative estimate of drug-likeness (QED) is 0.163. The number of aromatic nitrogens is 2. The van der Waals surface area contributed by atoms with Gasteiger partial charge in [0.25, 0.3) is 5.56 Å². The second-order valence-electron chi connectivity index (χ2n) is 10.1. The number of para-hydroxylation sites is 1. The first kappa shape index (κ1) is 26.9. The van der Waals surface area contributed by atoms with E-state index in [0.29, 0.717) is 34.7 Å². The number of benzene rings is 3. The van der Waals surface area contributed by atoms with Gasteiger partial charge in [0.15, 0.2) is 10.9 Å². The van der Waals surface area contributed by atoms with Gasteiger partial charge in [0, 0.05) is 24.6 Å². The molecule has 0 bridgehead atoms. The number of hydrogen-bond donors (Lipinski definition) is 1. The number of hydrogen-bond acceptors (Lipinski definition) is 5. The normalized spacial score (nSPS) is 17.1. The summed E-state index contributed by atoms with van der Waals surface area (Å²) in [7, 11) is 0. The number of carbonyl (C=O) groups is 2. The number of thioether (sulfide) groups is 1. The highest BCUT2D eigenvalue weighted by molar-refractivity contribution is 7.99. The van der Waals surface area contributed by atoms with Gasteiger partial charge in [-0.3, -0.25) is 19.0 Å². The number of carbonyl (C=O) groups excluding carboxylic acids is 2. The molecule has 4 aromatic rings. The largest absolute Gasteiger partial charge is 0.356 e. The van der Waals surface area contributed by atoms with E-state index in [2.05, 4.69) is 17.4 Å². The summed E-state index contributed by atoms with van der Waals surface area (Å²) in [6.07, 6.45) is 4.21. The highest BCUT2D eigenvalue weighted by Crippen LogP contribution is 2.31. The van der Waals surface area contributed by atoms with Crippen LogP contribution in [0.5, 0.6) is 0 Å². The lowest BCUT2D eigenvalue weighted by Gasteiger charge is -2.28. The molecular weight excluding hydrogens is 506 g/mol. The molecule has 0 unspecified atom stereocenters. The third-order valence-corrected chi connectivity index (χ3v) is 8.45. The first-order chi connectivity index (χ1) is 19.1. The number of amides is 1. The van der Waals surface area contributed by atoms with E-state index < -0.39 is 0 Å². The van der Waals surface area contributed by atoms with Crippen molar-refractivity contribution in [2.45, 2.75) is 43.8 Å². The van der Waals surface area contributed by atoms with E-state index in [1.165, 1.54) is 17.3 Å². The zero-order valence-electron chi connectivity index (χ0n) is 21.9. The van der Waals surface area contributed by atoms with Crippen molar-refractivity contribution in [2.75, 3.05) is 12.3 Å². The van der Waals surface area contributed by atoms with Crippen molar-refractivity contribution < 1.29 is 9.59 Å². The molecule has 0 aliphatic heterocycles. The fraction of sp³-hybridized carbons (Fsp3) is 0.312. The Balaban J connectivity index is 1.22. The smallest absolute Gasteiger partial charge is 0.262 e. The fourth-order valence-electron chi connectivity index (χ4n) is 5.24. The zero-order valence-corrected chi connectivity index (χ0v) is 22.7. The lowest BCUT2D eigenvalue weighted by atomic mass is 9.81. The molecule has 1 heterocycles. The highest BCUT2D eigenvalue weighted by Gasteiger charge is 2.27. The number of nitrogens with zero attached hydrogens (tertiary/aromatic N) is 2. The summed E-state index contributed by atoms with van der Waals surface area (Å²) in [5.74, 6) is 0.645. The zero-order chi connectivity index (χ0) is 27.0. The molecule has 1 aliphatic carbocycles. The maximum atomic E-state index is 13.5. The third kappa shape index (κ3) is 6.84. The topological polar surface area (TPSA) is 81.1 Å². The van der Waals surface area contributed by atoms with Gasteiger partial charge in [0.2, 0.25) is 5.91 Å². The Bertz CT molecular complexity index is 1480. The first-order valence-corrected chi connectivity index (χ1v) is 14.6. The van der Waals surface area contributed by atoms with Gasteiger partial charge < -0.3 is 5.32 Å². The van der Waals surface area contributed by atoms with Crippen molar-refractivity contribution in [3.8, 4) is 0 Å². The van der Waals surface area contributed by atoms with Crippen molar-refractivity contribution in [2.24, 2.45) is 11.8 Å². The van der Waals surface area contributed by atoms with E-state index in [4.69, 9.17) is 4.98 Å². The molecule has 1 aliphatic rings. The van der Waals surface area contributed by atoms with Crippen LogP contribution >= 0.6 is 11.8 Å². The highest BCUT2D eigenvalue weighted by atomic mass is 32.2. The maximum absolute atomic E-state index is 13.5. The van der Waals surface area contributed by atoms with Gasteiger partial charge in [-0.25, -0.2) is 4.98 Å². The summed E-state index contributed by atoms with van der Waals surface area (Å²) in [6, 6.07) is 26.7. The Morgan fingerprint density at radius 3 is 2.28 bits per heavy atom. The fourth-order valence-corrected chi connectivity index (χ4v) is 6.14. The van der Waals surface area contributed by atoms with Gasteiger partial charge in [-0.05, 0) is 55.7 Å². The van der Waals surface area contributed by atoms with Crippen LogP contribution in [0.15, 0.2) is 94.9 Å². The van der Waals surface area contributed by atoms with Crippen LogP contribution in [0.2, 0.25) is 0 Å². The molecule has 1 saturated carbocycles. The molecule has 1 fully saturated rings. The van der Waals surface area contributed by atoms with E-state index >= 15 is 0 Å². The minimum atomic E-state index is -0.0731. The molecule has 1 N–H and O–H groups in total. The van der Waals surface area contributed by atoms with Gasteiger partial charge >= 0.3 is 0 Å². The lowest BCUT2D eigenvalue weighted by Crippen LogP contribution is -2.35. The molecular formula is C32H33N3O3S. The third-order valence-electron chi connectivity index (χ3n) is 7.47. The minimum absolute atomic E-state index is 0.00772. The molecule has 6 nitrogen and oxygen atoms in total. The van der Waals surface area contributed by atoms with Crippen molar-refractivity contribution in [3.63, 3.8) is 0 Å². The van der Waals surface area contributed by atoms with Crippen LogP contribution in [0, 0.1) is 11.8 Å². The first-order valence-electron chi connectivity index (χ1n) is 13.6. The number of rotatable bonds is 10.